The standard InChI is InChI=1S/C14H22ClN3O/c1-10(2)8-11-4-6-18(7-5-11)12-9-16-17(3)14(19)13(12)15/h9-11H,4-8H2,1-3H3. The molecule has 0 radical (unpaired) electrons. The van der Waals surface area contributed by atoms with Crippen molar-refractivity contribution in [3.05, 3.63) is 21.6 Å². The summed E-state index contributed by atoms with van der Waals surface area (Å²) in [7, 11) is 1.62. The maximum Gasteiger partial charge on any atom is 0.287 e. The number of halogens is 1. The van der Waals surface area contributed by atoms with Crippen molar-refractivity contribution in [1.29, 1.82) is 0 Å². The first-order valence-electron chi connectivity index (χ1n) is 6.95. The molecule has 0 atom stereocenters. The molecule has 4 nitrogen and oxygen atoms in total. The summed E-state index contributed by atoms with van der Waals surface area (Å²) < 4.78 is 1.28. The van der Waals surface area contributed by atoms with Crippen LogP contribution in [0.5, 0.6) is 0 Å². The lowest BCUT2D eigenvalue weighted by molar-refractivity contribution is 0.338. The maximum absolute atomic E-state index is 11.8. The number of aryl methyl sites for hydroxylation is 1. The van der Waals surface area contributed by atoms with Crippen LogP contribution in [0.4, 0.5) is 5.69 Å². The quantitative estimate of drug-likeness (QED) is 0.856. The Morgan fingerprint density at radius 2 is 2.05 bits per heavy atom. The normalized spacial score (nSPS) is 17.2. The summed E-state index contributed by atoms with van der Waals surface area (Å²) in [5.74, 6) is 1.56. The molecular weight excluding hydrogens is 262 g/mol. The Balaban J connectivity index is 2.06. The van der Waals surface area contributed by atoms with Crippen molar-refractivity contribution in [1.82, 2.24) is 9.78 Å². The highest BCUT2D eigenvalue weighted by Crippen LogP contribution is 2.29. The molecule has 1 saturated heterocycles. The molecule has 1 aromatic rings. The molecule has 0 amide bonds. The van der Waals surface area contributed by atoms with E-state index >= 15 is 0 Å². The number of piperidine rings is 1. The Bertz CT molecular complexity index is 490. The molecule has 0 saturated carbocycles. The van der Waals surface area contributed by atoms with Gasteiger partial charge in [-0.25, -0.2) is 4.68 Å². The lowest BCUT2D eigenvalue weighted by Crippen LogP contribution is -2.36. The molecule has 0 spiro atoms. The van der Waals surface area contributed by atoms with Gasteiger partial charge in [-0.2, -0.15) is 5.10 Å². The van der Waals surface area contributed by atoms with Gasteiger partial charge in [0.05, 0.1) is 11.9 Å². The third-order valence-electron chi connectivity index (χ3n) is 3.82. The minimum absolute atomic E-state index is 0.219. The molecule has 2 rings (SSSR count). The Kier molecular flexibility index (Phi) is 4.50. The van der Waals surface area contributed by atoms with E-state index in [0.29, 0.717) is 5.02 Å². The van der Waals surface area contributed by atoms with Crippen LogP contribution in [0.25, 0.3) is 0 Å². The number of aromatic nitrogens is 2. The predicted octanol–water partition coefficient (Wildman–Crippen LogP) is 2.70. The Morgan fingerprint density at radius 3 is 2.63 bits per heavy atom. The molecule has 1 aliphatic rings. The van der Waals surface area contributed by atoms with Gasteiger partial charge in [-0.3, -0.25) is 4.79 Å². The van der Waals surface area contributed by atoms with E-state index in [-0.39, 0.29) is 5.56 Å². The maximum atomic E-state index is 11.8. The molecule has 0 bridgehead atoms. The van der Waals surface area contributed by atoms with Crippen LogP contribution in [0, 0.1) is 11.8 Å². The lowest BCUT2D eigenvalue weighted by Gasteiger charge is -2.34. The van der Waals surface area contributed by atoms with Crippen molar-refractivity contribution in [2.45, 2.75) is 33.1 Å². The van der Waals surface area contributed by atoms with Gasteiger partial charge in [0, 0.05) is 20.1 Å². The fraction of sp³-hybridized carbons (Fsp3) is 0.714. The number of anilines is 1. The first kappa shape index (κ1) is 14.4. The van der Waals surface area contributed by atoms with Crippen molar-refractivity contribution in [2.75, 3.05) is 18.0 Å². The molecule has 0 N–H and O–H groups in total. The smallest absolute Gasteiger partial charge is 0.287 e. The van der Waals surface area contributed by atoms with Gasteiger partial charge in [0.2, 0.25) is 0 Å². The van der Waals surface area contributed by atoms with E-state index in [0.717, 1.165) is 30.6 Å². The molecule has 1 fully saturated rings. The number of hydrogen-bond donors (Lipinski definition) is 0. The molecule has 2 heterocycles. The summed E-state index contributed by atoms with van der Waals surface area (Å²) in [6, 6.07) is 0. The Morgan fingerprint density at radius 1 is 1.42 bits per heavy atom. The van der Waals surface area contributed by atoms with E-state index in [1.54, 1.807) is 13.2 Å². The summed E-state index contributed by atoms with van der Waals surface area (Å²) in [6.45, 7) is 6.47. The van der Waals surface area contributed by atoms with Gasteiger partial charge in [0.1, 0.15) is 5.02 Å². The van der Waals surface area contributed by atoms with Crippen molar-refractivity contribution in [3.63, 3.8) is 0 Å². The van der Waals surface area contributed by atoms with Gasteiger partial charge >= 0.3 is 0 Å². The van der Waals surface area contributed by atoms with E-state index < -0.39 is 0 Å². The number of hydrogen-bond acceptors (Lipinski definition) is 3. The summed E-state index contributed by atoms with van der Waals surface area (Å²) in [5, 5.41) is 4.35. The third-order valence-corrected chi connectivity index (χ3v) is 4.18. The van der Waals surface area contributed by atoms with Gasteiger partial charge in [-0.1, -0.05) is 25.4 Å². The second kappa shape index (κ2) is 5.95. The highest BCUT2D eigenvalue weighted by molar-refractivity contribution is 6.33. The first-order valence-corrected chi connectivity index (χ1v) is 7.33. The summed E-state index contributed by atoms with van der Waals surface area (Å²) in [4.78, 5) is 14.0. The predicted molar refractivity (Wildman–Crippen MR) is 78.9 cm³/mol. The fourth-order valence-corrected chi connectivity index (χ4v) is 3.09. The van der Waals surface area contributed by atoms with Gasteiger partial charge < -0.3 is 4.90 Å². The fourth-order valence-electron chi connectivity index (χ4n) is 2.80. The van der Waals surface area contributed by atoms with Crippen LogP contribution in [0.1, 0.15) is 33.1 Å². The zero-order valence-electron chi connectivity index (χ0n) is 11.9. The second-order valence-corrected chi connectivity index (χ2v) is 6.21. The largest absolute Gasteiger partial charge is 0.369 e. The zero-order valence-corrected chi connectivity index (χ0v) is 12.7. The van der Waals surface area contributed by atoms with E-state index in [1.165, 1.54) is 23.9 Å². The van der Waals surface area contributed by atoms with E-state index in [9.17, 15) is 4.79 Å². The first-order chi connectivity index (χ1) is 8.99. The van der Waals surface area contributed by atoms with E-state index in [1.807, 2.05) is 0 Å². The average molecular weight is 284 g/mol. The van der Waals surface area contributed by atoms with Gasteiger partial charge in [-0.15, -0.1) is 0 Å². The molecule has 1 aromatic heterocycles. The molecule has 106 valence electrons. The molecule has 0 unspecified atom stereocenters. The topological polar surface area (TPSA) is 38.1 Å². The van der Waals surface area contributed by atoms with Crippen LogP contribution in [0.15, 0.2) is 11.0 Å². The van der Waals surface area contributed by atoms with E-state index in [2.05, 4.69) is 23.8 Å². The molecule has 1 aliphatic heterocycles. The minimum Gasteiger partial charge on any atom is -0.369 e. The van der Waals surface area contributed by atoms with Crippen molar-refractivity contribution < 1.29 is 0 Å². The number of rotatable bonds is 3. The molecule has 5 heteroatoms. The van der Waals surface area contributed by atoms with Crippen LogP contribution in [0.3, 0.4) is 0 Å². The van der Waals surface area contributed by atoms with Crippen LogP contribution in [-0.2, 0) is 7.05 Å². The molecular formula is C14H22ClN3O. The SMILES string of the molecule is CC(C)CC1CCN(c2cnn(C)c(=O)c2Cl)CC1. The third kappa shape index (κ3) is 3.30. The van der Waals surface area contributed by atoms with Gasteiger partial charge in [-0.05, 0) is 31.1 Å². The second-order valence-electron chi connectivity index (χ2n) is 5.83. The highest BCUT2D eigenvalue weighted by atomic mass is 35.5. The zero-order chi connectivity index (χ0) is 14.0. The van der Waals surface area contributed by atoms with Crippen LogP contribution >= 0.6 is 11.6 Å². The van der Waals surface area contributed by atoms with Crippen molar-refractivity contribution in [2.24, 2.45) is 18.9 Å². The molecule has 0 aromatic carbocycles. The minimum atomic E-state index is -0.219. The van der Waals surface area contributed by atoms with Crippen LogP contribution in [0.2, 0.25) is 5.02 Å². The summed E-state index contributed by atoms with van der Waals surface area (Å²) in [6.07, 6.45) is 5.33. The Hall–Kier alpha value is -1.03. The summed E-state index contributed by atoms with van der Waals surface area (Å²) in [5.41, 5.74) is 0.566. The molecule has 0 aliphatic carbocycles. The molecule has 19 heavy (non-hydrogen) atoms. The van der Waals surface area contributed by atoms with Crippen LogP contribution < -0.4 is 10.5 Å². The van der Waals surface area contributed by atoms with Crippen molar-refractivity contribution >= 4 is 17.3 Å². The van der Waals surface area contributed by atoms with Gasteiger partial charge in [0.15, 0.2) is 0 Å². The lowest BCUT2D eigenvalue weighted by atomic mass is 9.88. The van der Waals surface area contributed by atoms with E-state index in [4.69, 9.17) is 11.6 Å². The average Bonchev–Trinajstić information content (AvgIpc) is 2.37. The summed E-state index contributed by atoms with van der Waals surface area (Å²) >= 11 is 6.14. The van der Waals surface area contributed by atoms with Gasteiger partial charge in [0.25, 0.3) is 5.56 Å². The number of nitrogens with zero attached hydrogens (tertiary/aromatic N) is 3. The highest BCUT2D eigenvalue weighted by Gasteiger charge is 2.22. The monoisotopic (exact) mass is 283 g/mol. The van der Waals surface area contributed by atoms with Crippen LogP contribution in [-0.4, -0.2) is 22.9 Å². The van der Waals surface area contributed by atoms with Crippen molar-refractivity contribution in [3.8, 4) is 0 Å². The Labute approximate surface area is 119 Å².